The highest BCUT2D eigenvalue weighted by Gasteiger charge is 2.21. The van der Waals surface area contributed by atoms with E-state index in [1.165, 1.54) is 9.71 Å². The normalized spacial score (nSPS) is 14.9. The van der Waals surface area contributed by atoms with Crippen molar-refractivity contribution in [1.82, 2.24) is 4.98 Å². The molecule has 0 aliphatic rings. The highest BCUT2D eigenvalue weighted by atomic mass is 79.9. The smallest absolute Gasteiger partial charge is 0.0947 e. The minimum Gasteiger partial charge on any atom is -0.241 e. The maximum atomic E-state index is 4.64. The molecule has 1 nitrogen and oxygen atoms in total. The number of hydrogen-bond donors (Lipinski definition) is 0. The number of halogens is 1. The molecular formula is C13H14BrNS. The van der Waals surface area contributed by atoms with Crippen LogP contribution in [0.2, 0.25) is 0 Å². The van der Waals surface area contributed by atoms with E-state index in [2.05, 4.69) is 52.6 Å². The van der Waals surface area contributed by atoms with Gasteiger partial charge in [-0.15, -0.1) is 17.9 Å². The second-order valence-corrected chi connectivity index (χ2v) is 5.92. The first-order chi connectivity index (χ1) is 7.67. The fraction of sp³-hybridized carbons (Fsp3) is 0.308. The summed E-state index contributed by atoms with van der Waals surface area (Å²) in [6, 6.07) is 8.27. The van der Waals surface area contributed by atoms with E-state index in [4.69, 9.17) is 0 Å². The predicted octanol–water partition coefficient (Wildman–Crippen LogP) is 4.43. The van der Waals surface area contributed by atoms with E-state index in [0.29, 0.717) is 0 Å². The third-order valence-corrected chi connectivity index (χ3v) is 5.01. The Kier molecular flexibility index (Phi) is 3.45. The number of aromatic nitrogens is 1. The lowest BCUT2D eigenvalue weighted by Gasteiger charge is -2.20. The van der Waals surface area contributed by atoms with Gasteiger partial charge in [-0.2, -0.15) is 0 Å². The fourth-order valence-electron chi connectivity index (χ4n) is 1.51. The van der Waals surface area contributed by atoms with E-state index in [1.807, 2.05) is 12.1 Å². The second-order valence-electron chi connectivity index (χ2n) is 4.24. The van der Waals surface area contributed by atoms with Gasteiger partial charge in [0.25, 0.3) is 0 Å². The van der Waals surface area contributed by atoms with Gasteiger partial charge in [0.2, 0.25) is 0 Å². The first kappa shape index (κ1) is 11.8. The fourth-order valence-corrected chi connectivity index (χ4v) is 3.11. The van der Waals surface area contributed by atoms with Gasteiger partial charge < -0.3 is 0 Å². The number of thiazole rings is 1. The molecule has 1 aromatic carbocycles. The Labute approximate surface area is 108 Å². The van der Waals surface area contributed by atoms with Gasteiger partial charge in [0.05, 0.1) is 15.2 Å². The van der Waals surface area contributed by atoms with Gasteiger partial charge in [-0.25, -0.2) is 4.98 Å². The minimum absolute atomic E-state index is 0.0911. The van der Waals surface area contributed by atoms with Crippen LogP contribution in [0.25, 0.3) is 10.2 Å². The van der Waals surface area contributed by atoms with Gasteiger partial charge >= 0.3 is 0 Å². The van der Waals surface area contributed by atoms with Crippen LogP contribution in [0.1, 0.15) is 11.9 Å². The van der Waals surface area contributed by atoms with E-state index >= 15 is 0 Å². The lowest BCUT2D eigenvalue weighted by atomic mass is 9.90. The molecule has 0 amide bonds. The van der Waals surface area contributed by atoms with Gasteiger partial charge in [-0.05, 0) is 12.1 Å². The third kappa shape index (κ3) is 2.36. The molecule has 0 spiro atoms. The Morgan fingerprint density at radius 1 is 1.50 bits per heavy atom. The van der Waals surface area contributed by atoms with Crippen LogP contribution in [0.3, 0.4) is 0 Å². The van der Waals surface area contributed by atoms with E-state index in [9.17, 15) is 0 Å². The van der Waals surface area contributed by atoms with Crippen molar-refractivity contribution in [3.8, 4) is 0 Å². The molecule has 0 saturated carbocycles. The van der Waals surface area contributed by atoms with E-state index in [1.54, 1.807) is 11.3 Å². The van der Waals surface area contributed by atoms with Crippen LogP contribution in [0.4, 0.5) is 0 Å². The van der Waals surface area contributed by atoms with E-state index < -0.39 is 0 Å². The molecule has 1 atom stereocenters. The molecule has 1 heterocycles. The topological polar surface area (TPSA) is 12.9 Å². The largest absolute Gasteiger partial charge is 0.241 e. The monoisotopic (exact) mass is 295 g/mol. The summed E-state index contributed by atoms with van der Waals surface area (Å²) in [5, 5.41) is 2.10. The summed E-state index contributed by atoms with van der Waals surface area (Å²) in [4.78, 5) is 4.64. The molecule has 2 aromatic rings. The maximum Gasteiger partial charge on any atom is 0.0947 e. The summed E-state index contributed by atoms with van der Waals surface area (Å²) in [5.74, 6) is 0. The van der Waals surface area contributed by atoms with Crippen LogP contribution in [0.15, 0.2) is 36.9 Å². The number of allylic oxidation sites excluding steroid dienone is 1. The number of alkyl halides is 1. The zero-order valence-electron chi connectivity index (χ0n) is 9.24. The van der Waals surface area contributed by atoms with Crippen molar-refractivity contribution in [3.63, 3.8) is 0 Å². The number of hydrogen-bond acceptors (Lipinski definition) is 2. The van der Waals surface area contributed by atoms with Gasteiger partial charge in [0, 0.05) is 17.2 Å². The summed E-state index contributed by atoms with van der Waals surface area (Å²) < 4.78 is 1.26. The summed E-state index contributed by atoms with van der Waals surface area (Å²) >= 11 is 5.31. The molecule has 0 radical (unpaired) electrons. The van der Waals surface area contributed by atoms with Crippen molar-refractivity contribution >= 4 is 37.5 Å². The average molecular weight is 296 g/mol. The van der Waals surface area contributed by atoms with Crippen LogP contribution in [-0.2, 0) is 6.42 Å². The molecular weight excluding hydrogens is 282 g/mol. The van der Waals surface area contributed by atoms with Crippen LogP contribution in [-0.4, -0.2) is 10.3 Å². The molecule has 0 bridgehead atoms. The van der Waals surface area contributed by atoms with E-state index in [-0.39, 0.29) is 5.41 Å². The number of benzene rings is 1. The summed E-state index contributed by atoms with van der Waals surface area (Å²) in [5.41, 5.74) is 1.19. The SMILES string of the molecule is C=CC(C)(CBr)Cc1nc2ccccc2s1. The van der Waals surface area contributed by atoms with Crippen molar-refractivity contribution < 1.29 is 0 Å². The Bertz CT molecular complexity index is 472. The molecule has 2 rings (SSSR count). The molecule has 1 aromatic heterocycles. The van der Waals surface area contributed by atoms with Crippen molar-refractivity contribution in [1.29, 1.82) is 0 Å². The zero-order chi connectivity index (χ0) is 11.6. The first-order valence-electron chi connectivity index (χ1n) is 5.21. The van der Waals surface area contributed by atoms with Crippen molar-refractivity contribution in [3.05, 3.63) is 41.9 Å². The molecule has 0 aliphatic heterocycles. The molecule has 0 fully saturated rings. The van der Waals surface area contributed by atoms with Crippen molar-refractivity contribution in [2.24, 2.45) is 5.41 Å². The van der Waals surface area contributed by atoms with Gasteiger partial charge in [-0.3, -0.25) is 0 Å². The number of para-hydroxylation sites is 1. The molecule has 84 valence electrons. The highest BCUT2D eigenvalue weighted by Crippen LogP contribution is 2.30. The summed E-state index contributed by atoms with van der Waals surface area (Å²) in [6.45, 7) is 6.10. The molecule has 1 unspecified atom stereocenters. The standard InChI is InChI=1S/C13H14BrNS/c1-3-13(2,9-14)8-12-15-10-6-4-5-7-11(10)16-12/h3-7H,1,8-9H2,2H3. The van der Waals surface area contributed by atoms with Crippen LogP contribution >= 0.6 is 27.3 Å². The molecule has 3 heteroatoms. The highest BCUT2D eigenvalue weighted by molar-refractivity contribution is 9.09. The molecule has 0 N–H and O–H groups in total. The Hall–Kier alpha value is -0.670. The Balaban J connectivity index is 2.31. The van der Waals surface area contributed by atoms with E-state index in [0.717, 1.165) is 17.3 Å². The summed E-state index contributed by atoms with van der Waals surface area (Å²) in [7, 11) is 0. The number of nitrogens with zero attached hydrogens (tertiary/aromatic N) is 1. The van der Waals surface area contributed by atoms with Gasteiger partial charge in [0.15, 0.2) is 0 Å². The molecule has 16 heavy (non-hydrogen) atoms. The maximum absolute atomic E-state index is 4.64. The second kappa shape index (κ2) is 4.68. The Morgan fingerprint density at radius 3 is 2.88 bits per heavy atom. The molecule has 0 aliphatic carbocycles. The quantitative estimate of drug-likeness (QED) is 0.601. The predicted molar refractivity (Wildman–Crippen MR) is 75.4 cm³/mol. The van der Waals surface area contributed by atoms with Crippen LogP contribution in [0.5, 0.6) is 0 Å². The lowest BCUT2D eigenvalue weighted by molar-refractivity contribution is 0.493. The Morgan fingerprint density at radius 2 is 2.25 bits per heavy atom. The van der Waals surface area contributed by atoms with Crippen LogP contribution in [0, 0.1) is 5.41 Å². The lowest BCUT2D eigenvalue weighted by Crippen LogP contribution is -2.17. The minimum atomic E-state index is 0.0911. The number of fused-ring (bicyclic) bond motifs is 1. The average Bonchev–Trinajstić information content (AvgIpc) is 2.70. The zero-order valence-corrected chi connectivity index (χ0v) is 11.6. The number of rotatable bonds is 4. The van der Waals surface area contributed by atoms with Gasteiger partial charge in [-0.1, -0.05) is 41.1 Å². The summed E-state index contributed by atoms with van der Waals surface area (Å²) in [6.07, 6.45) is 2.95. The third-order valence-electron chi connectivity index (χ3n) is 2.69. The van der Waals surface area contributed by atoms with Crippen molar-refractivity contribution in [2.75, 3.05) is 5.33 Å². The van der Waals surface area contributed by atoms with Crippen molar-refractivity contribution in [2.45, 2.75) is 13.3 Å². The molecule has 0 saturated heterocycles. The first-order valence-corrected chi connectivity index (χ1v) is 7.15. The van der Waals surface area contributed by atoms with Gasteiger partial charge in [0.1, 0.15) is 0 Å². The van der Waals surface area contributed by atoms with Crippen LogP contribution < -0.4 is 0 Å².